The fraction of sp³-hybridized carbons (Fsp3) is 0.220. The Balaban J connectivity index is 0.000000277. The van der Waals surface area contributed by atoms with Gasteiger partial charge in [-0.15, -0.1) is 53.6 Å². The Morgan fingerprint density at radius 1 is 0.750 bits per heavy atom. The second kappa shape index (κ2) is 16.6. The Labute approximate surface area is 363 Å². The largest absolute Gasteiger partial charge is 0.486 e. The molecular formula is C50H49IrN3OSi-2. The maximum Gasteiger partial charge on any atom is 0.216 e. The summed E-state index contributed by atoms with van der Waals surface area (Å²) in [7, 11) is -1.29. The smallest absolute Gasteiger partial charge is 0.216 e. The molecule has 6 heteroatoms. The Bertz CT molecular complexity index is 3100. The van der Waals surface area contributed by atoms with Crippen LogP contribution in [-0.2, 0) is 26.5 Å². The van der Waals surface area contributed by atoms with Crippen molar-refractivity contribution in [2.45, 2.75) is 67.3 Å². The topological polar surface area (TPSA) is 51.8 Å². The molecule has 0 fully saturated rings. The van der Waals surface area contributed by atoms with Crippen molar-refractivity contribution in [1.29, 1.82) is 0 Å². The molecule has 4 nitrogen and oxygen atoms in total. The molecule has 4 aromatic heterocycles. The summed E-state index contributed by atoms with van der Waals surface area (Å²) in [5.74, 6) is 0. The van der Waals surface area contributed by atoms with Crippen LogP contribution in [0.15, 0.2) is 126 Å². The molecule has 0 spiro atoms. The van der Waals surface area contributed by atoms with Gasteiger partial charge in [0.2, 0.25) is 5.71 Å². The summed E-state index contributed by atoms with van der Waals surface area (Å²) >= 11 is 0. The first-order valence-corrected chi connectivity index (χ1v) is 21.5. The molecule has 0 saturated carbocycles. The van der Waals surface area contributed by atoms with E-state index in [4.69, 9.17) is 20.9 Å². The van der Waals surface area contributed by atoms with Gasteiger partial charge in [0, 0.05) is 58.7 Å². The van der Waals surface area contributed by atoms with Crippen LogP contribution in [0.5, 0.6) is 0 Å². The predicted octanol–water partition coefficient (Wildman–Crippen LogP) is 12.8. The number of pyridine rings is 3. The Morgan fingerprint density at radius 3 is 2.25 bits per heavy atom. The van der Waals surface area contributed by atoms with Crippen LogP contribution < -0.4 is 5.19 Å². The molecule has 0 amide bonds. The average Bonchev–Trinajstić information content (AvgIpc) is 3.63. The molecule has 4 aromatic carbocycles. The number of furan rings is 1. The van der Waals surface area contributed by atoms with Crippen molar-refractivity contribution in [2.24, 2.45) is 5.41 Å². The third-order valence-corrected chi connectivity index (χ3v) is 11.0. The van der Waals surface area contributed by atoms with Crippen molar-refractivity contribution < 1.29 is 41.0 Å². The van der Waals surface area contributed by atoms with Crippen LogP contribution in [0.2, 0.25) is 19.6 Å². The van der Waals surface area contributed by atoms with Gasteiger partial charge in [0.25, 0.3) is 0 Å². The maximum absolute atomic E-state index is 8.90. The first kappa shape index (κ1) is 27.6. The molecule has 0 aliphatic carbocycles. The van der Waals surface area contributed by atoms with Crippen LogP contribution in [0.25, 0.3) is 66.8 Å². The van der Waals surface area contributed by atoms with Crippen molar-refractivity contribution in [3.05, 3.63) is 156 Å². The molecule has 0 N–H and O–H groups in total. The fourth-order valence-corrected chi connectivity index (χ4v) is 7.29. The molecule has 0 aliphatic heterocycles. The summed E-state index contributed by atoms with van der Waals surface area (Å²) < 4.78 is 105. The minimum absolute atomic E-state index is 0. The van der Waals surface area contributed by atoms with E-state index in [0.717, 1.165) is 17.5 Å². The minimum Gasteiger partial charge on any atom is -0.486 e. The van der Waals surface area contributed by atoms with Crippen LogP contribution in [0, 0.1) is 38.1 Å². The number of aromatic nitrogens is 3. The monoisotopic (exact) mass is 940 g/mol. The number of nitrogens with zero attached hydrogens (tertiary/aromatic N) is 3. The van der Waals surface area contributed by atoms with E-state index in [-0.39, 0.29) is 82.2 Å². The van der Waals surface area contributed by atoms with Gasteiger partial charge in [-0.1, -0.05) is 118 Å². The number of hydrogen-bond donors (Lipinski definition) is 0. The average molecular weight is 940 g/mol. The van der Waals surface area contributed by atoms with Gasteiger partial charge >= 0.3 is 0 Å². The van der Waals surface area contributed by atoms with Crippen LogP contribution in [-0.4, -0.2) is 23.0 Å². The van der Waals surface area contributed by atoms with Gasteiger partial charge in [0.15, 0.2) is 0 Å². The van der Waals surface area contributed by atoms with E-state index in [9.17, 15) is 0 Å². The Morgan fingerprint density at radius 2 is 1.54 bits per heavy atom. The van der Waals surface area contributed by atoms with Crippen LogP contribution >= 0.6 is 0 Å². The van der Waals surface area contributed by atoms with Crippen LogP contribution in [0.4, 0.5) is 0 Å². The van der Waals surface area contributed by atoms with Crippen LogP contribution in [0.1, 0.15) is 59.6 Å². The molecule has 0 aliphatic rings. The van der Waals surface area contributed by atoms with E-state index in [2.05, 4.69) is 95.3 Å². The number of fused-ring (bicyclic) bond motifs is 3. The molecule has 8 aromatic rings. The van der Waals surface area contributed by atoms with E-state index in [1.54, 1.807) is 39.0 Å². The van der Waals surface area contributed by atoms with E-state index in [1.165, 1.54) is 40.6 Å². The molecule has 8 rings (SSSR count). The molecule has 56 heavy (non-hydrogen) atoms. The maximum atomic E-state index is 8.90. The van der Waals surface area contributed by atoms with Gasteiger partial charge < -0.3 is 14.4 Å². The van der Waals surface area contributed by atoms with Crippen molar-refractivity contribution in [2.75, 3.05) is 0 Å². The molecular weight excluding hydrogens is 879 g/mol. The first-order chi connectivity index (χ1) is 31.1. The van der Waals surface area contributed by atoms with E-state index >= 15 is 0 Å². The van der Waals surface area contributed by atoms with E-state index < -0.39 is 40.4 Å². The van der Waals surface area contributed by atoms with Crippen molar-refractivity contribution in [3.63, 3.8) is 0 Å². The summed E-state index contributed by atoms with van der Waals surface area (Å²) in [4.78, 5) is 13.2. The molecule has 0 unspecified atom stereocenters. The summed E-state index contributed by atoms with van der Waals surface area (Å²) in [6, 6.07) is 37.0. The second-order valence-corrected chi connectivity index (χ2v) is 20.5. The first-order valence-electron chi connectivity index (χ1n) is 24.0. The second-order valence-electron chi connectivity index (χ2n) is 15.5. The van der Waals surface area contributed by atoms with Gasteiger partial charge in [-0.05, 0) is 94.4 Å². The van der Waals surface area contributed by atoms with Crippen molar-refractivity contribution in [3.8, 4) is 44.8 Å². The van der Waals surface area contributed by atoms with Gasteiger partial charge in [0.1, 0.15) is 0 Å². The Kier molecular flexibility index (Phi) is 8.18. The van der Waals surface area contributed by atoms with E-state index in [0.29, 0.717) is 10.8 Å². The standard InChI is InChI=1S/C30H29N2O.C20H20NSi.Ir/c1-18-14-21(16-30(4,5)6)11-13-22(18)26-15-27(31-17-19(26)2)25-9-7-8-23-24-12-10-20(3)32-29(24)33-28(23)25;1-22(2,3)19-12-13-20(21-15-19)18-11-7-10-17(14-18)16-8-5-4-6-9-16;/h7-8,10-15,17H,16H2,1-6H3;4-10,12-15H,1-3H3;/q2*-1;/i1D3,2D3,3D3,13D,16D2;;. The zero-order valence-electron chi connectivity index (χ0n) is 44.1. The third kappa shape index (κ3) is 9.16. The molecule has 0 atom stereocenters. The third-order valence-electron chi connectivity index (χ3n) is 9.00. The molecule has 4 heterocycles. The molecule has 285 valence electrons. The number of rotatable bonds is 6. The Hall–Kier alpha value is -5.00. The fourth-order valence-electron chi connectivity index (χ4n) is 6.26. The summed E-state index contributed by atoms with van der Waals surface area (Å²) in [5.41, 5.74) is 3.18. The number of benzene rings is 4. The normalized spacial score (nSPS) is 15.7. The minimum atomic E-state index is -2.83. The molecule has 0 saturated heterocycles. The van der Waals surface area contributed by atoms with Crippen LogP contribution in [0.3, 0.4) is 0 Å². The molecule has 1 radical (unpaired) electrons. The zero-order chi connectivity index (χ0) is 49.1. The predicted molar refractivity (Wildman–Crippen MR) is 233 cm³/mol. The van der Waals surface area contributed by atoms with E-state index in [1.807, 2.05) is 18.3 Å². The van der Waals surface area contributed by atoms with Crippen molar-refractivity contribution >= 4 is 35.3 Å². The van der Waals surface area contributed by atoms with Gasteiger partial charge in [-0.3, -0.25) is 0 Å². The van der Waals surface area contributed by atoms with Crippen molar-refractivity contribution in [1.82, 2.24) is 15.0 Å². The SMILES string of the molecule is C[Si](C)(C)c1ccc(-c2[c-]ccc(-c3ccccc3)c2)nc1.[2H]c1cc(C([2H])([2H])C(C)(C)C)cc(C([2H])([2H])[2H])c1-c1cc(-c2[c-]ccc3c2oc2nc(C([2H])([2H])[2H])ccc23)ncc1C([2H])([2H])[2H].[Ir]. The van der Waals surface area contributed by atoms with Gasteiger partial charge in [-0.2, -0.15) is 0 Å². The van der Waals surface area contributed by atoms with Gasteiger partial charge in [-0.25, -0.2) is 4.98 Å². The zero-order valence-corrected chi connectivity index (χ0v) is 35.4. The quantitative estimate of drug-likeness (QED) is 0.123. The molecule has 0 bridgehead atoms. The summed E-state index contributed by atoms with van der Waals surface area (Å²) in [5, 5.41) is 2.50. The number of hydrogen-bond acceptors (Lipinski definition) is 4. The number of aryl methyl sites for hydroxylation is 3. The summed E-state index contributed by atoms with van der Waals surface area (Å²) in [6.07, 6.45) is 1.12. The summed E-state index contributed by atoms with van der Waals surface area (Å²) in [6.45, 7) is 3.97. The van der Waals surface area contributed by atoms with Gasteiger partial charge in [0.05, 0.1) is 15.0 Å².